The zero-order chi connectivity index (χ0) is 15.7. The monoisotopic (exact) mass is 294 g/mol. The van der Waals surface area contributed by atoms with Crippen molar-refractivity contribution in [2.75, 3.05) is 25.6 Å². The van der Waals surface area contributed by atoms with Gasteiger partial charge in [-0.3, -0.25) is 4.79 Å². The number of anilines is 1. The van der Waals surface area contributed by atoms with Gasteiger partial charge in [0.2, 0.25) is 5.91 Å². The van der Waals surface area contributed by atoms with Crippen molar-refractivity contribution in [3.63, 3.8) is 0 Å². The lowest BCUT2D eigenvalue weighted by Crippen LogP contribution is -2.24. The molecule has 5 heteroatoms. The van der Waals surface area contributed by atoms with Gasteiger partial charge in [-0.15, -0.1) is 0 Å². The molecule has 0 spiro atoms. The summed E-state index contributed by atoms with van der Waals surface area (Å²) in [6.45, 7) is 7.52. The molecule has 1 aromatic carbocycles. The van der Waals surface area contributed by atoms with Crippen LogP contribution in [-0.4, -0.2) is 32.2 Å². The summed E-state index contributed by atoms with van der Waals surface area (Å²) in [5.41, 5.74) is 0.720. The van der Waals surface area contributed by atoms with Crippen LogP contribution in [-0.2, 0) is 4.79 Å². The van der Waals surface area contributed by atoms with Gasteiger partial charge in [-0.05, 0) is 32.0 Å². The second-order valence-corrected chi connectivity index (χ2v) is 5.06. The van der Waals surface area contributed by atoms with Crippen molar-refractivity contribution in [1.29, 1.82) is 0 Å². The molecule has 1 aromatic rings. The first kappa shape index (κ1) is 17.3. The van der Waals surface area contributed by atoms with Gasteiger partial charge < -0.3 is 20.1 Å². The van der Waals surface area contributed by atoms with Gasteiger partial charge in [-0.1, -0.05) is 13.8 Å². The van der Waals surface area contributed by atoms with E-state index in [9.17, 15) is 4.79 Å². The Morgan fingerprint density at radius 3 is 2.67 bits per heavy atom. The highest BCUT2D eigenvalue weighted by Crippen LogP contribution is 2.30. The van der Waals surface area contributed by atoms with Crippen LogP contribution in [0.15, 0.2) is 18.2 Å². The third kappa shape index (κ3) is 6.49. The van der Waals surface area contributed by atoms with Gasteiger partial charge in [0.15, 0.2) is 11.5 Å². The van der Waals surface area contributed by atoms with E-state index in [1.165, 1.54) is 0 Å². The smallest absolute Gasteiger partial charge is 0.224 e. The number of hydrogen-bond donors (Lipinski definition) is 2. The van der Waals surface area contributed by atoms with Crippen molar-refractivity contribution in [2.45, 2.75) is 39.7 Å². The quantitative estimate of drug-likeness (QED) is 0.688. The lowest BCUT2D eigenvalue weighted by molar-refractivity contribution is -0.116. The molecule has 0 fully saturated rings. The number of ether oxygens (including phenoxy) is 2. The van der Waals surface area contributed by atoms with Crippen LogP contribution < -0.4 is 20.1 Å². The highest BCUT2D eigenvalue weighted by Gasteiger charge is 2.08. The van der Waals surface area contributed by atoms with Crippen molar-refractivity contribution < 1.29 is 14.3 Å². The number of nitrogens with one attached hydrogen (secondary N) is 2. The Labute approximate surface area is 127 Å². The number of rotatable bonds is 9. The summed E-state index contributed by atoms with van der Waals surface area (Å²) in [5.74, 6) is 1.31. The van der Waals surface area contributed by atoms with E-state index in [0.29, 0.717) is 30.6 Å². The standard InChI is InChI=1S/C16H26N2O3/c1-5-21-14-9-8-13(11-15(14)20-4)18-16(19)7-6-10-17-12(2)3/h8-9,11-12,17H,5-7,10H2,1-4H3,(H,18,19). The summed E-state index contributed by atoms with van der Waals surface area (Å²) in [6, 6.07) is 5.84. The first-order valence-corrected chi connectivity index (χ1v) is 7.40. The Morgan fingerprint density at radius 1 is 1.29 bits per heavy atom. The zero-order valence-electron chi connectivity index (χ0n) is 13.4. The molecule has 21 heavy (non-hydrogen) atoms. The zero-order valence-corrected chi connectivity index (χ0v) is 13.4. The summed E-state index contributed by atoms with van der Waals surface area (Å²) in [5, 5.41) is 6.16. The SMILES string of the molecule is CCOc1ccc(NC(=O)CCCNC(C)C)cc1OC. The second-order valence-electron chi connectivity index (χ2n) is 5.06. The van der Waals surface area contributed by atoms with Crippen molar-refractivity contribution in [1.82, 2.24) is 5.32 Å². The molecule has 118 valence electrons. The molecule has 0 saturated carbocycles. The fourth-order valence-electron chi connectivity index (χ4n) is 1.88. The van der Waals surface area contributed by atoms with Crippen LogP contribution in [0.1, 0.15) is 33.6 Å². The van der Waals surface area contributed by atoms with Crippen LogP contribution in [0.25, 0.3) is 0 Å². The van der Waals surface area contributed by atoms with E-state index in [0.717, 1.165) is 18.7 Å². The van der Waals surface area contributed by atoms with Crippen molar-refractivity contribution >= 4 is 11.6 Å². The Morgan fingerprint density at radius 2 is 2.05 bits per heavy atom. The second kappa shape index (κ2) is 9.23. The number of carbonyl (C=O) groups is 1. The average molecular weight is 294 g/mol. The minimum atomic E-state index is 0.00627. The predicted octanol–water partition coefficient (Wildman–Crippen LogP) is 2.81. The molecule has 5 nitrogen and oxygen atoms in total. The van der Waals surface area contributed by atoms with Gasteiger partial charge in [0, 0.05) is 24.2 Å². The maximum atomic E-state index is 11.9. The number of hydrogen-bond acceptors (Lipinski definition) is 4. The van der Waals surface area contributed by atoms with E-state index >= 15 is 0 Å². The fourth-order valence-corrected chi connectivity index (χ4v) is 1.88. The minimum Gasteiger partial charge on any atom is -0.493 e. The van der Waals surface area contributed by atoms with Crippen LogP contribution in [0, 0.1) is 0 Å². The highest BCUT2D eigenvalue weighted by molar-refractivity contribution is 5.91. The third-order valence-corrected chi connectivity index (χ3v) is 2.88. The van der Waals surface area contributed by atoms with Gasteiger partial charge in [0.25, 0.3) is 0 Å². The Bertz CT molecular complexity index is 447. The lowest BCUT2D eigenvalue weighted by atomic mass is 10.2. The molecule has 0 unspecified atom stereocenters. The van der Waals surface area contributed by atoms with Crippen LogP contribution in [0.2, 0.25) is 0 Å². The first-order valence-electron chi connectivity index (χ1n) is 7.40. The van der Waals surface area contributed by atoms with Gasteiger partial charge in [0.05, 0.1) is 13.7 Å². The van der Waals surface area contributed by atoms with E-state index in [-0.39, 0.29) is 5.91 Å². The lowest BCUT2D eigenvalue weighted by Gasteiger charge is -2.12. The molecule has 0 aliphatic heterocycles. The van der Waals surface area contributed by atoms with Crippen LogP contribution >= 0.6 is 0 Å². The number of benzene rings is 1. The Kier molecular flexibility index (Phi) is 7.61. The van der Waals surface area contributed by atoms with Crippen LogP contribution in [0.3, 0.4) is 0 Å². The molecular weight excluding hydrogens is 268 g/mol. The van der Waals surface area contributed by atoms with E-state index in [2.05, 4.69) is 24.5 Å². The maximum Gasteiger partial charge on any atom is 0.224 e. The highest BCUT2D eigenvalue weighted by atomic mass is 16.5. The minimum absolute atomic E-state index is 0.00627. The van der Waals surface area contributed by atoms with Crippen LogP contribution in [0.5, 0.6) is 11.5 Å². The molecule has 0 atom stereocenters. The molecule has 0 saturated heterocycles. The molecule has 0 aromatic heterocycles. The summed E-state index contributed by atoms with van der Waals surface area (Å²) in [4.78, 5) is 11.9. The Balaban J connectivity index is 2.48. The fraction of sp³-hybridized carbons (Fsp3) is 0.562. The molecular formula is C16H26N2O3. The van der Waals surface area contributed by atoms with E-state index in [4.69, 9.17) is 9.47 Å². The topological polar surface area (TPSA) is 59.6 Å². The largest absolute Gasteiger partial charge is 0.493 e. The summed E-state index contributed by atoms with van der Waals surface area (Å²) in [7, 11) is 1.58. The first-order chi connectivity index (χ1) is 10.1. The van der Waals surface area contributed by atoms with E-state index in [1.807, 2.05) is 13.0 Å². The molecule has 0 bridgehead atoms. The molecule has 0 aliphatic rings. The molecule has 2 N–H and O–H groups in total. The van der Waals surface area contributed by atoms with E-state index in [1.54, 1.807) is 19.2 Å². The van der Waals surface area contributed by atoms with Crippen LogP contribution in [0.4, 0.5) is 5.69 Å². The normalized spacial score (nSPS) is 10.5. The molecule has 1 rings (SSSR count). The van der Waals surface area contributed by atoms with Gasteiger partial charge in [-0.25, -0.2) is 0 Å². The summed E-state index contributed by atoms with van der Waals surface area (Å²) in [6.07, 6.45) is 1.31. The third-order valence-electron chi connectivity index (χ3n) is 2.88. The molecule has 0 radical (unpaired) electrons. The van der Waals surface area contributed by atoms with Gasteiger partial charge >= 0.3 is 0 Å². The van der Waals surface area contributed by atoms with Gasteiger partial charge in [-0.2, -0.15) is 0 Å². The number of carbonyl (C=O) groups excluding carboxylic acids is 1. The number of methoxy groups -OCH3 is 1. The van der Waals surface area contributed by atoms with Crippen molar-refractivity contribution in [2.24, 2.45) is 0 Å². The average Bonchev–Trinajstić information content (AvgIpc) is 2.45. The molecule has 0 aliphatic carbocycles. The number of amides is 1. The Hall–Kier alpha value is -1.75. The summed E-state index contributed by atoms with van der Waals surface area (Å²) < 4.78 is 10.7. The van der Waals surface area contributed by atoms with Gasteiger partial charge in [0.1, 0.15) is 0 Å². The van der Waals surface area contributed by atoms with Crippen molar-refractivity contribution in [3.05, 3.63) is 18.2 Å². The van der Waals surface area contributed by atoms with E-state index < -0.39 is 0 Å². The molecule has 0 heterocycles. The molecule has 1 amide bonds. The van der Waals surface area contributed by atoms with Crippen molar-refractivity contribution in [3.8, 4) is 11.5 Å². The summed E-state index contributed by atoms with van der Waals surface area (Å²) >= 11 is 0. The predicted molar refractivity (Wildman–Crippen MR) is 85.2 cm³/mol. The maximum absolute atomic E-state index is 11.9.